The summed E-state index contributed by atoms with van der Waals surface area (Å²) in [6, 6.07) is 0.684. The van der Waals surface area contributed by atoms with Crippen molar-refractivity contribution in [1.82, 2.24) is 10.2 Å². The highest BCUT2D eigenvalue weighted by molar-refractivity contribution is 5.75. The van der Waals surface area contributed by atoms with Gasteiger partial charge in [0.1, 0.15) is 0 Å². The van der Waals surface area contributed by atoms with Crippen molar-refractivity contribution < 1.29 is 9.53 Å². The Morgan fingerprint density at radius 3 is 2.72 bits per heavy atom. The fourth-order valence-corrected chi connectivity index (χ4v) is 3.46. The van der Waals surface area contributed by atoms with Crippen molar-refractivity contribution in [3.8, 4) is 0 Å². The number of nitrogens with one attached hydrogen (secondary N) is 1. The molecule has 0 aromatic carbocycles. The van der Waals surface area contributed by atoms with Crippen LogP contribution in [-0.4, -0.2) is 43.3 Å². The molecule has 2 atom stereocenters. The average Bonchev–Trinajstić information content (AvgIpc) is 3.00. The first-order chi connectivity index (χ1) is 8.72. The molecule has 1 aliphatic heterocycles. The Hall–Kier alpha value is -0.770. The van der Waals surface area contributed by atoms with Crippen molar-refractivity contribution >= 4 is 6.03 Å². The summed E-state index contributed by atoms with van der Waals surface area (Å²) in [5.41, 5.74) is 0. The number of methoxy groups -OCH3 is 1. The minimum Gasteiger partial charge on any atom is -0.383 e. The van der Waals surface area contributed by atoms with Gasteiger partial charge in [-0.25, -0.2) is 4.79 Å². The molecule has 0 bridgehead atoms. The van der Waals surface area contributed by atoms with Crippen LogP contribution in [0.25, 0.3) is 0 Å². The zero-order valence-corrected chi connectivity index (χ0v) is 11.7. The zero-order chi connectivity index (χ0) is 13.0. The summed E-state index contributed by atoms with van der Waals surface area (Å²) in [6.07, 6.45) is 7.65. The average molecular weight is 254 g/mol. The number of ether oxygens (including phenoxy) is 1. The molecule has 1 heterocycles. The highest BCUT2D eigenvalue weighted by atomic mass is 16.5. The van der Waals surface area contributed by atoms with Gasteiger partial charge in [-0.3, -0.25) is 0 Å². The van der Waals surface area contributed by atoms with Crippen molar-refractivity contribution in [3.05, 3.63) is 0 Å². The van der Waals surface area contributed by atoms with Crippen LogP contribution in [0, 0.1) is 5.92 Å². The van der Waals surface area contributed by atoms with E-state index in [1.165, 1.54) is 32.1 Å². The summed E-state index contributed by atoms with van der Waals surface area (Å²) in [5.74, 6) is 0.746. The number of amides is 2. The number of urea groups is 1. The minimum absolute atomic E-state index is 0.0901. The summed E-state index contributed by atoms with van der Waals surface area (Å²) in [7, 11) is 1.67. The molecule has 1 saturated heterocycles. The maximum absolute atomic E-state index is 12.3. The van der Waals surface area contributed by atoms with Gasteiger partial charge in [0.05, 0.1) is 12.6 Å². The van der Waals surface area contributed by atoms with Crippen LogP contribution in [0.3, 0.4) is 0 Å². The van der Waals surface area contributed by atoms with E-state index in [9.17, 15) is 4.79 Å². The van der Waals surface area contributed by atoms with Gasteiger partial charge in [-0.05, 0) is 38.5 Å². The minimum atomic E-state index is 0.0901. The van der Waals surface area contributed by atoms with Crippen LogP contribution in [0.5, 0.6) is 0 Å². The molecule has 1 N–H and O–H groups in total. The van der Waals surface area contributed by atoms with Crippen LogP contribution in [0.4, 0.5) is 4.79 Å². The highest BCUT2D eigenvalue weighted by Crippen LogP contribution is 2.35. The maximum Gasteiger partial charge on any atom is 0.317 e. The molecule has 4 heteroatoms. The van der Waals surface area contributed by atoms with Crippen LogP contribution in [0.1, 0.15) is 45.4 Å². The molecule has 2 rings (SSSR count). The van der Waals surface area contributed by atoms with Crippen LogP contribution in [-0.2, 0) is 4.74 Å². The normalized spacial score (nSPS) is 26.6. The quantitative estimate of drug-likeness (QED) is 0.837. The number of carbonyl (C=O) groups is 1. The number of hydrogen-bond donors (Lipinski definition) is 1. The Balaban J connectivity index is 1.87. The van der Waals surface area contributed by atoms with E-state index in [0.717, 1.165) is 18.9 Å². The van der Waals surface area contributed by atoms with Crippen LogP contribution in [0.2, 0.25) is 0 Å². The summed E-state index contributed by atoms with van der Waals surface area (Å²) in [5, 5.41) is 3.04. The first-order valence-corrected chi connectivity index (χ1v) is 7.28. The first kappa shape index (κ1) is 13.7. The van der Waals surface area contributed by atoms with Gasteiger partial charge in [0.15, 0.2) is 0 Å². The van der Waals surface area contributed by atoms with Gasteiger partial charge in [0.2, 0.25) is 0 Å². The number of hydrogen-bond acceptors (Lipinski definition) is 2. The molecule has 0 aromatic heterocycles. The molecule has 2 amide bonds. The monoisotopic (exact) mass is 254 g/mol. The lowest BCUT2D eigenvalue weighted by atomic mass is 9.96. The Bertz CT molecular complexity index is 277. The molecule has 1 aliphatic carbocycles. The third kappa shape index (κ3) is 3.16. The molecule has 0 spiro atoms. The molecular weight excluding hydrogens is 228 g/mol. The molecule has 0 aromatic rings. The van der Waals surface area contributed by atoms with E-state index in [1.807, 2.05) is 6.92 Å². The standard InChI is InChI=1S/C14H26N2O2/c1-11(10-18-2)15-14(17)16-9-5-8-13(16)12-6-3-4-7-12/h11-13H,3-10H2,1-2H3,(H,15,17). The molecule has 2 aliphatic rings. The largest absolute Gasteiger partial charge is 0.383 e. The molecule has 18 heavy (non-hydrogen) atoms. The molecule has 2 unspecified atom stereocenters. The van der Waals surface area contributed by atoms with E-state index in [1.54, 1.807) is 7.11 Å². The summed E-state index contributed by atoms with van der Waals surface area (Å²) in [6.45, 7) is 3.49. The lowest BCUT2D eigenvalue weighted by molar-refractivity contribution is 0.148. The molecule has 1 saturated carbocycles. The van der Waals surface area contributed by atoms with E-state index in [-0.39, 0.29) is 12.1 Å². The second-order valence-electron chi connectivity index (χ2n) is 5.75. The van der Waals surface area contributed by atoms with E-state index in [0.29, 0.717) is 12.6 Å². The lowest BCUT2D eigenvalue weighted by Crippen LogP contribution is -2.48. The summed E-state index contributed by atoms with van der Waals surface area (Å²) >= 11 is 0. The molecule has 104 valence electrons. The van der Waals surface area contributed by atoms with Gasteiger partial charge in [-0.15, -0.1) is 0 Å². The fraction of sp³-hybridized carbons (Fsp3) is 0.929. The summed E-state index contributed by atoms with van der Waals surface area (Å²) in [4.78, 5) is 14.3. The maximum atomic E-state index is 12.3. The van der Waals surface area contributed by atoms with Gasteiger partial charge in [-0.2, -0.15) is 0 Å². The van der Waals surface area contributed by atoms with Gasteiger partial charge in [-0.1, -0.05) is 12.8 Å². The fourth-order valence-electron chi connectivity index (χ4n) is 3.46. The first-order valence-electron chi connectivity index (χ1n) is 7.28. The lowest BCUT2D eigenvalue weighted by Gasteiger charge is -2.30. The van der Waals surface area contributed by atoms with Crippen LogP contribution in [0.15, 0.2) is 0 Å². The third-order valence-electron chi connectivity index (χ3n) is 4.29. The predicted molar refractivity (Wildman–Crippen MR) is 71.6 cm³/mol. The number of nitrogens with zero attached hydrogens (tertiary/aromatic N) is 1. The van der Waals surface area contributed by atoms with E-state index in [4.69, 9.17) is 4.74 Å². The Kier molecular flexibility index (Phi) is 4.87. The molecule has 2 fully saturated rings. The van der Waals surface area contributed by atoms with Crippen molar-refractivity contribution in [2.24, 2.45) is 5.92 Å². The van der Waals surface area contributed by atoms with E-state index >= 15 is 0 Å². The van der Waals surface area contributed by atoms with E-state index < -0.39 is 0 Å². The molecular formula is C14H26N2O2. The SMILES string of the molecule is COCC(C)NC(=O)N1CCCC1C1CCCC1. The number of rotatable bonds is 4. The van der Waals surface area contributed by atoms with Crippen molar-refractivity contribution in [2.45, 2.75) is 57.5 Å². The van der Waals surface area contributed by atoms with Crippen molar-refractivity contribution in [1.29, 1.82) is 0 Å². The van der Waals surface area contributed by atoms with Gasteiger partial charge >= 0.3 is 6.03 Å². The van der Waals surface area contributed by atoms with Crippen LogP contribution >= 0.6 is 0 Å². The van der Waals surface area contributed by atoms with Gasteiger partial charge < -0.3 is 15.0 Å². The second-order valence-corrected chi connectivity index (χ2v) is 5.75. The smallest absolute Gasteiger partial charge is 0.317 e. The Morgan fingerprint density at radius 2 is 2.06 bits per heavy atom. The molecule has 4 nitrogen and oxygen atoms in total. The van der Waals surface area contributed by atoms with Crippen LogP contribution < -0.4 is 5.32 Å². The predicted octanol–water partition coefficient (Wildman–Crippen LogP) is 2.39. The molecule has 0 radical (unpaired) electrons. The Morgan fingerprint density at radius 1 is 1.33 bits per heavy atom. The van der Waals surface area contributed by atoms with E-state index in [2.05, 4.69) is 10.2 Å². The third-order valence-corrected chi connectivity index (χ3v) is 4.29. The zero-order valence-electron chi connectivity index (χ0n) is 11.7. The number of likely N-dealkylation sites (tertiary alicyclic amines) is 1. The topological polar surface area (TPSA) is 41.6 Å². The van der Waals surface area contributed by atoms with Crippen molar-refractivity contribution in [2.75, 3.05) is 20.3 Å². The van der Waals surface area contributed by atoms with Gasteiger partial charge in [0.25, 0.3) is 0 Å². The number of carbonyl (C=O) groups excluding carboxylic acids is 1. The Labute approximate surface area is 110 Å². The second kappa shape index (κ2) is 6.41. The summed E-state index contributed by atoms with van der Waals surface area (Å²) < 4.78 is 5.06. The van der Waals surface area contributed by atoms with Crippen molar-refractivity contribution in [3.63, 3.8) is 0 Å². The van der Waals surface area contributed by atoms with Gasteiger partial charge in [0, 0.05) is 19.7 Å². The highest BCUT2D eigenvalue weighted by Gasteiger charge is 2.36.